The molecule has 0 unspecified atom stereocenters. The molecule has 0 radical (unpaired) electrons. The highest BCUT2D eigenvalue weighted by molar-refractivity contribution is 7.99. The van der Waals surface area contributed by atoms with Crippen LogP contribution in [0.1, 0.15) is 6.92 Å². The van der Waals surface area contributed by atoms with E-state index in [4.69, 9.17) is 0 Å². The Morgan fingerprint density at radius 2 is 1.92 bits per heavy atom. The fourth-order valence-electron chi connectivity index (χ4n) is 2.39. The summed E-state index contributed by atoms with van der Waals surface area (Å²) in [5.41, 5.74) is 0. The minimum atomic E-state index is -3.20. The lowest BCUT2D eigenvalue weighted by molar-refractivity contribution is 0.444. The first-order chi connectivity index (χ1) is 11.6. The van der Waals surface area contributed by atoms with Gasteiger partial charge in [0, 0.05) is 56.6 Å². The van der Waals surface area contributed by atoms with E-state index in [2.05, 4.69) is 20.2 Å². The van der Waals surface area contributed by atoms with Crippen LogP contribution in [0.25, 0.3) is 0 Å². The van der Waals surface area contributed by atoms with E-state index in [0.717, 1.165) is 31.1 Å². The van der Waals surface area contributed by atoms with Gasteiger partial charge in [0.05, 0.1) is 12.3 Å². The molecule has 136 valence electrons. The van der Waals surface area contributed by atoms with Gasteiger partial charge in [-0.15, -0.1) is 0 Å². The Kier molecular flexibility index (Phi) is 7.93. The van der Waals surface area contributed by atoms with Gasteiger partial charge in [0.1, 0.15) is 0 Å². The molecule has 0 spiro atoms. The molecule has 1 aliphatic heterocycles. The van der Waals surface area contributed by atoms with E-state index in [-0.39, 0.29) is 12.3 Å². The summed E-state index contributed by atoms with van der Waals surface area (Å²) < 4.78 is 28.3. The van der Waals surface area contributed by atoms with Gasteiger partial charge in [0.2, 0.25) is 10.0 Å². The zero-order valence-corrected chi connectivity index (χ0v) is 15.8. The lowest BCUT2D eigenvalue weighted by Gasteiger charge is -2.25. The third-order valence-corrected chi connectivity index (χ3v) is 6.45. The summed E-state index contributed by atoms with van der Waals surface area (Å²) in [5, 5.41) is 6.38. The second-order valence-electron chi connectivity index (χ2n) is 5.44. The SMILES string of the molecule is CCNC(=NCCS(=O)(=O)N1CCSCC1)NCCn1cccc1. The maximum Gasteiger partial charge on any atom is 0.215 e. The molecule has 0 aromatic carbocycles. The fourth-order valence-corrected chi connectivity index (χ4v) is 4.84. The Labute approximate surface area is 148 Å². The molecule has 0 amide bonds. The number of aromatic nitrogens is 1. The van der Waals surface area contributed by atoms with E-state index in [1.54, 1.807) is 16.1 Å². The van der Waals surface area contributed by atoms with Crippen molar-refractivity contribution in [3.05, 3.63) is 24.5 Å². The maximum atomic E-state index is 12.3. The summed E-state index contributed by atoms with van der Waals surface area (Å²) in [6, 6.07) is 3.98. The summed E-state index contributed by atoms with van der Waals surface area (Å²) in [6.45, 7) is 5.80. The number of thioether (sulfide) groups is 1. The van der Waals surface area contributed by atoms with Gasteiger partial charge in [-0.2, -0.15) is 11.8 Å². The molecule has 2 heterocycles. The molecule has 1 fully saturated rings. The molecule has 1 aliphatic rings. The highest BCUT2D eigenvalue weighted by Crippen LogP contribution is 2.13. The molecule has 0 aliphatic carbocycles. The Morgan fingerprint density at radius 1 is 1.21 bits per heavy atom. The van der Waals surface area contributed by atoms with Crippen molar-refractivity contribution >= 4 is 27.7 Å². The third kappa shape index (κ3) is 6.37. The van der Waals surface area contributed by atoms with Crippen LogP contribution in [-0.4, -0.2) is 73.2 Å². The van der Waals surface area contributed by atoms with E-state index in [9.17, 15) is 8.42 Å². The van der Waals surface area contributed by atoms with E-state index in [0.29, 0.717) is 19.0 Å². The topological polar surface area (TPSA) is 78.7 Å². The van der Waals surface area contributed by atoms with Gasteiger partial charge in [-0.25, -0.2) is 12.7 Å². The minimum Gasteiger partial charge on any atom is -0.357 e. The van der Waals surface area contributed by atoms with Gasteiger partial charge in [-0.1, -0.05) is 0 Å². The Hall–Kier alpha value is -1.19. The highest BCUT2D eigenvalue weighted by Gasteiger charge is 2.23. The predicted molar refractivity (Wildman–Crippen MR) is 101 cm³/mol. The smallest absolute Gasteiger partial charge is 0.215 e. The molecule has 1 aromatic rings. The number of aliphatic imine (C=N–C) groups is 1. The summed E-state index contributed by atoms with van der Waals surface area (Å²) in [4.78, 5) is 4.39. The first-order valence-electron chi connectivity index (χ1n) is 8.30. The number of nitrogens with zero attached hydrogens (tertiary/aromatic N) is 3. The van der Waals surface area contributed by atoms with Crippen molar-refractivity contribution in [1.82, 2.24) is 19.5 Å². The zero-order valence-electron chi connectivity index (χ0n) is 14.1. The van der Waals surface area contributed by atoms with Crippen molar-refractivity contribution in [3.63, 3.8) is 0 Å². The first kappa shape index (κ1) is 19.1. The third-order valence-electron chi connectivity index (χ3n) is 3.66. The summed E-state index contributed by atoms with van der Waals surface area (Å²) in [6.07, 6.45) is 4.02. The van der Waals surface area contributed by atoms with Crippen LogP contribution in [0.2, 0.25) is 0 Å². The highest BCUT2D eigenvalue weighted by atomic mass is 32.2. The molecule has 0 saturated carbocycles. The average Bonchev–Trinajstić information content (AvgIpc) is 3.09. The van der Waals surface area contributed by atoms with E-state index in [1.165, 1.54) is 0 Å². The second-order valence-corrected chi connectivity index (χ2v) is 8.75. The monoisotopic (exact) mass is 373 g/mol. The Balaban J connectivity index is 1.78. The number of hydrogen-bond donors (Lipinski definition) is 2. The molecule has 7 nitrogen and oxygen atoms in total. The minimum absolute atomic E-state index is 0.0614. The number of hydrogen-bond acceptors (Lipinski definition) is 4. The molecule has 1 aromatic heterocycles. The molecule has 2 rings (SSSR count). The van der Waals surface area contributed by atoms with Crippen molar-refractivity contribution in [3.8, 4) is 0 Å². The average molecular weight is 374 g/mol. The molecule has 24 heavy (non-hydrogen) atoms. The van der Waals surface area contributed by atoms with Gasteiger partial charge >= 0.3 is 0 Å². The molecule has 0 bridgehead atoms. The van der Waals surface area contributed by atoms with Gasteiger partial charge in [-0.3, -0.25) is 4.99 Å². The van der Waals surface area contributed by atoms with Crippen LogP contribution < -0.4 is 10.6 Å². The molecular formula is C15H27N5O2S2. The number of guanidine groups is 1. The van der Waals surface area contributed by atoms with E-state index >= 15 is 0 Å². The summed E-state index contributed by atoms with van der Waals surface area (Å²) in [5.74, 6) is 2.48. The fraction of sp³-hybridized carbons (Fsp3) is 0.667. The van der Waals surface area contributed by atoms with Gasteiger partial charge in [0.15, 0.2) is 5.96 Å². The lowest BCUT2D eigenvalue weighted by Crippen LogP contribution is -2.41. The van der Waals surface area contributed by atoms with Crippen molar-refractivity contribution in [1.29, 1.82) is 0 Å². The predicted octanol–water partition coefficient (Wildman–Crippen LogP) is 0.422. The largest absolute Gasteiger partial charge is 0.357 e. The normalized spacial score (nSPS) is 17.0. The summed E-state index contributed by atoms with van der Waals surface area (Å²) >= 11 is 1.80. The quantitative estimate of drug-likeness (QED) is 0.510. The van der Waals surface area contributed by atoms with Crippen LogP contribution in [0.5, 0.6) is 0 Å². The van der Waals surface area contributed by atoms with Crippen LogP contribution >= 0.6 is 11.8 Å². The molecular weight excluding hydrogens is 346 g/mol. The van der Waals surface area contributed by atoms with Crippen LogP contribution in [0.3, 0.4) is 0 Å². The maximum absolute atomic E-state index is 12.3. The first-order valence-corrected chi connectivity index (χ1v) is 11.1. The van der Waals surface area contributed by atoms with Gasteiger partial charge < -0.3 is 15.2 Å². The number of sulfonamides is 1. The lowest BCUT2D eigenvalue weighted by atomic mass is 10.6. The van der Waals surface area contributed by atoms with Crippen LogP contribution in [-0.2, 0) is 16.6 Å². The van der Waals surface area contributed by atoms with Crippen molar-refractivity contribution in [2.45, 2.75) is 13.5 Å². The van der Waals surface area contributed by atoms with Gasteiger partial charge in [-0.05, 0) is 19.1 Å². The number of nitrogens with one attached hydrogen (secondary N) is 2. The Morgan fingerprint density at radius 3 is 2.58 bits per heavy atom. The summed E-state index contributed by atoms with van der Waals surface area (Å²) in [7, 11) is -3.20. The van der Waals surface area contributed by atoms with Crippen molar-refractivity contribution in [2.75, 3.05) is 50.0 Å². The van der Waals surface area contributed by atoms with Crippen molar-refractivity contribution in [2.24, 2.45) is 4.99 Å². The van der Waals surface area contributed by atoms with Gasteiger partial charge in [0.25, 0.3) is 0 Å². The molecule has 1 saturated heterocycles. The van der Waals surface area contributed by atoms with E-state index < -0.39 is 10.0 Å². The van der Waals surface area contributed by atoms with Crippen LogP contribution in [0.15, 0.2) is 29.5 Å². The van der Waals surface area contributed by atoms with E-state index in [1.807, 2.05) is 31.5 Å². The molecule has 2 N–H and O–H groups in total. The van der Waals surface area contributed by atoms with Crippen LogP contribution in [0.4, 0.5) is 0 Å². The van der Waals surface area contributed by atoms with Crippen LogP contribution in [0, 0.1) is 0 Å². The Bertz CT molecular complexity index is 595. The number of rotatable bonds is 8. The van der Waals surface area contributed by atoms with Crippen molar-refractivity contribution < 1.29 is 8.42 Å². The zero-order chi connectivity index (χ0) is 17.3. The molecule has 9 heteroatoms. The second kappa shape index (κ2) is 9.95. The molecule has 0 atom stereocenters. The standard InChI is InChI=1S/C15H27N5O2S2/c1-2-16-15(17-5-9-19-7-3-4-8-19)18-6-14-24(21,22)20-10-12-23-13-11-20/h3-4,7-8H,2,5-6,9-14H2,1H3,(H2,16,17,18).